The third-order valence-corrected chi connectivity index (χ3v) is 4.32. The number of ether oxygens (including phenoxy) is 2. The molecule has 5 heteroatoms. The minimum Gasteiger partial charge on any atom is -0.508 e. The number of phenols is 1. The van der Waals surface area contributed by atoms with E-state index in [9.17, 15) is 14.7 Å². The van der Waals surface area contributed by atoms with Gasteiger partial charge in [0.2, 0.25) is 0 Å². The molecule has 3 rings (SSSR count). The van der Waals surface area contributed by atoms with Gasteiger partial charge in [-0.25, -0.2) is 9.59 Å². The Balaban J connectivity index is 1.71. The van der Waals surface area contributed by atoms with Crippen LogP contribution in [0.25, 0.3) is 10.8 Å². The van der Waals surface area contributed by atoms with Crippen LogP contribution in [-0.2, 0) is 16.0 Å². The van der Waals surface area contributed by atoms with Crippen LogP contribution in [-0.4, -0.2) is 23.7 Å². The average molecular weight is 376 g/mol. The van der Waals surface area contributed by atoms with Crippen molar-refractivity contribution < 1.29 is 24.2 Å². The molecule has 0 unspecified atom stereocenters. The lowest BCUT2D eigenvalue weighted by atomic mass is 10.0. The molecule has 0 spiro atoms. The number of benzene rings is 3. The van der Waals surface area contributed by atoms with Crippen LogP contribution in [0.2, 0.25) is 0 Å². The summed E-state index contributed by atoms with van der Waals surface area (Å²) in [6.07, 6.45) is 1.74. The summed E-state index contributed by atoms with van der Waals surface area (Å²) in [5, 5.41) is 11.4. The summed E-state index contributed by atoms with van der Waals surface area (Å²) in [6, 6.07) is 15.8. The van der Waals surface area contributed by atoms with Crippen molar-refractivity contribution in [2.75, 3.05) is 6.61 Å². The number of carbonyl (C=O) groups excluding carboxylic acids is 2. The topological polar surface area (TPSA) is 72.8 Å². The zero-order valence-electron chi connectivity index (χ0n) is 15.5. The van der Waals surface area contributed by atoms with Crippen molar-refractivity contribution in [1.82, 2.24) is 0 Å². The fraction of sp³-hybridized carbons (Fsp3) is 0.130. The number of esters is 2. The van der Waals surface area contributed by atoms with E-state index in [-0.39, 0.29) is 12.4 Å². The van der Waals surface area contributed by atoms with Gasteiger partial charge in [-0.1, -0.05) is 30.8 Å². The van der Waals surface area contributed by atoms with Gasteiger partial charge in [0.05, 0.1) is 12.2 Å². The molecule has 28 heavy (non-hydrogen) atoms. The van der Waals surface area contributed by atoms with Gasteiger partial charge in [-0.15, -0.1) is 0 Å². The van der Waals surface area contributed by atoms with E-state index < -0.39 is 11.9 Å². The second-order valence-corrected chi connectivity index (χ2v) is 6.36. The molecule has 0 aliphatic carbocycles. The lowest BCUT2D eigenvalue weighted by molar-refractivity contribution is -0.137. The Morgan fingerprint density at radius 2 is 1.79 bits per heavy atom. The Morgan fingerprint density at radius 1 is 1.04 bits per heavy atom. The normalized spacial score (nSPS) is 10.5. The molecule has 0 aliphatic heterocycles. The third kappa shape index (κ3) is 4.57. The van der Waals surface area contributed by atoms with Gasteiger partial charge in [0.15, 0.2) is 0 Å². The van der Waals surface area contributed by atoms with Crippen molar-refractivity contribution in [1.29, 1.82) is 0 Å². The highest BCUT2D eigenvalue weighted by Gasteiger charge is 2.11. The van der Waals surface area contributed by atoms with Crippen molar-refractivity contribution in [3.8, 4) is 11.5 Å². The van der Waals surface area contributed by atoms with Crippen molar-refractivity contribution in [2.45, 2.75) is 13.3 Å². The second kappa shape index (κ2) is 8.39. The molecular formula is C23H20O5. The summed E-state index contributed by atoms with van der Waals surface area (Å²) in [5.74, 6) is -0.370. The first-order valence-corrected chi connectivity index (χ1v) is 8.80. The Morgan fingerprint density at radius 3 is 2.54 bits per heavy atom. The number of hydrogen-bond acceptors (Lipinski definition) is 5. The van der Waals surface area contributed by atoms with Crippen LogP contribution in [0.3, 0.4) is 0 Å². The van der Waals surface area contributed by atoms with E-state index in [1.54, 1.807) is 31.2 Å². The molecule has 0 radical (unpaired) electrons. The van der Waals surface area contributed by atoms with Gasteiger partial charge in [-0.05, 0) is 59.2 Å². The van der Waals surface area contributed by atoms with E-state index >= 15 is 0 Å². The summed E-state index contributed by atoms with van der Waals surface area (Å²) < 4.78 is 10.4. The Hall–Kier alpha value is -3.60. The quantitative estimate of drug-likeness (QED) is 0.393. The highest BCUT2D eigenvalue weighted by molar-refractivity contribution is 5.96. The maximum Gasteiger partial charge on any atom is 0.343 e. The van der Waals surface area contributed by atoms with Gasteiger partial charge in [-0.3, -0.25) is 0 Å². The zero-order chi connectivity index (χ0) is 20.1. The minimum atomic E-state index is -0.465. The van der Waals surface area contributed by atoms with Crippen molar-refractivity contribution in [3.63, 3.8) is 0 Å². The molecule has 0 saturated carbocycles. The van der Waals surface area contributed by atoms with Crippen LogP contribution in [0.1, 0.15) is 21.5 Å². The van der Waals surface area contributed by atoms with E-state index in [0.29, 0.717) is 23.3 Å². The summed E-state index contributed by atoms with van der Waals surface area (Å²) in [4.78, 5) is 23.5. The van der Waals surface area contributed by atoms with Crippen molar-refractivity contribution >= 4 is 22.7 Å². The molecule has 3 aromatic rings. The summed E-state index contributed by atoms with van der Waals surface area (Å²) in [5.41, 5.74) is 2.10. The molecule has 0 amide bonds. The van der Waals surface area contributed by atoms with Gasteiger partial charge in [0.25, 0.3) is 0 Å². The van der Waals surface area contributed by atoms with Gasteiger partial charge >= 0.3 is 11.9 Å². The number of carbonyl (C=O) groups is 2. The van der Waals surface area contributed by atoms with E-state index in [1.165, 1.54) is 6.07 Å². The highest BCUT2D eigenvalue weighted by atomic mass is 16.5. The van der Waals surface area contributed by atoms with E-state index in [2.05, 4.69) is 6.58 Å². The van der Waals surface area contributed by atoms with Crippen molar-refractivity contribution in [2.24, 2.45) is 0 Å². The molecule has 0 atom stereocenters. The van der Waals surface area contributed by atoms with E-state index in [1.807, 2.05) is 24.3 Å². The lowest BCUT2D eigenvalue weighted by Gasteiger charge is -2.08. The zero-order valence-corrected chi connectivity index (χ0v) is 15.5. The summed E-state index contributed by atoms with van der Waals surface area (Å²) in [6.45, 7) is 5.38. The van der Waals surface area contributed by atoms with Crippen LogP contribution in [0.15, 0.2) is 67.3 Å². The molecular weight excluding hydrogens is 356 g/mol. The first kappa shape index (κ1) is 19.2. The van der Waals surface area contributed by atoms with Crippen LogP contribution >= 0.6 is 0 Å². The monoisotopic (exact) mass is 376 g/mol. The molecule has 5 nitrogen and oxygen atoms in total. The number of hydrogen-bond donors (Lipinski definition) is 1. The van der Waals surface area contributed by atoms with E-state index in [0.717, 1.165) is 22.4 Å². The Bertz CT molecular complexity index is 1050. The van der Waals surface area contributed by atoms with Gasteiger partial charge < -0.3 is 14.6 Å². The van der Waals surface area contributed by atoms with Crippen LogP contribution in [0.4, 0.5) is 0 Å². The maximum absolute atomic E-state index is 12.4. The minimum absolute atomic E-state index is 0.153. The molecule has 1 N–H and O–H groups in total. The molecule has 0 heterocycles. The molecule has 0 aliphatic rings. The van der Waals surface area contributed by atoms with Crippen LogP contribution in [0, 0.1) is 6.92 Å². The Labute approximate surface area is 162 Å². The predicted octanol–water partition coefficient (Wildman–Crippen LogP) is 4.34. The van der Waals surface area contributed by atoms with Crippen LogP contribution < -0.4 is 4.74 Å². The van der Waals surface area contributed by atoms with Crippen LogP contribution in [0.5, 0.6) is 11.5 Å². The third-order valence-electron chi connectivity index (χ3n) is 4.32. The first-order valence-electron chi connectivity index (χ1n) is 8.80. The lowest BCUT2D eigenvalue weighted by Crippen LogP contribution is -2.08. The standard InChI is InChI=1S/C23H20O5/c1-3-22(25)27-11-10-16-4-5-18-14-19(7-6-17(18)13-16)23(26)28-20-8-9-21(24)15(2)12-20/h3-9,12-14,24H,1,10-11H2,2H3. The summed E-state index contributed by atoms with van der Waals surface area (Å²) >= 11 is 0. The van der Waals surface area contributed by atoms with E-state index in [4.69, 9.17) is 9.47 Å². The highest BCUT2D eigenvalue weighted by Crippen LogP contribution is 2.24. The molecule has 0 bridgehead atoms. The smallest absolute Gasteiger partial charge is 0.343 e. The van der Waals surface area contributed by atoms with Gasteiger partial charge in [-0.2, -0.15) is 0 Å². The molecule has 142 valence electrons. The second-order valence-electron chi connectivity index (χ2n) is 6.36. The SMILES string of the molecule is C=CC(=O)OCCc1ccc2cc(C(=O)Oc3ccc(O)c(C)c3)ccc2c1. The largest absolute Gasteiger partial charge is 0.508 e. The van der Waals surface area contributed by atoms with Gasteiger partial charge in [0.1, 0.15) is 11.5 Å². The maximum atomic E-state index is 12.4. The summed E-state index contributed by atoms with van der Waals surface area (Å²) in [7, 11) is 0. The van der Waals surface area contributed by atoms with Gasteiger partial charge in [0, 0.05) is 12.5 Å². The fourth-order valence-electron chi connectivity index (χ4n) is 2.76. The molecule has 0 fully saturated rings. The Kier molecular flexibility index (Phi) is 5.75. The fourth-order valence-corrected chi connectivity index (χ4v) is 2.76. The van der Waals surface area contributed by atoms with Crippen molar-refractivity contribution in [3.05, 3.63) is 83.9 Å². The number of aromatic hydroxyl groups is 1. The molecule has 3 aromatic carbocycles. The molecule has 0 saturated heterocycles. The average Bonchev–Trinajstić information content (AvgIpc) is 2.70. The first-order chi connectivity index (χ1) is 13.5. The number of rotatable bonds is 6. The number of aryl methyl sites for hydroxylation is 1. The predicted molar refractivity (Wildman–Crippen MR) is 107 cm³/mol. The number of fused-ring (bicyclic) bond motifs is 1. The molecule has 0 aromatic heterocycles. The number of phenolic OH excluding ortho intramolecular Hbond substituents is 1.